The molecule has 1 saturated heterocycles. The van der Waals surface area contributed by atoms with Gasteiger partial charge in [-0.2, -0.15) is 0 Å². The van der Waals surface area contributed by atoms with Crippen molar-refractivity contribution in [1.29, 1.82) is 0 Å². The van der Waals surface area contributed by atoms with Gasteiger partial charge in [-0.25, -0.2) is 4.98 Å². The highest BCUT2D eigenvalue weighted by Gasteiger charge is 2.33. The van der Waals surface area contributed by atoms with Gasteiger partial charge in [0.05, 0.1) is 23.4 Å². The number of nitrogens with one attached hydrogen (secondary N) is 1. The van der Waals surface area contributed by atoms with Crippen LogP contribution in [0.5, 0.6) is 5.88 Å². The van der Waals surface area contributed by atoms with Crippen LogP contribution in [-0.2, 0) is 4.79 Å². The van der Waals surface area contributed by atoms with E-state index >= 15 is 0 Å². The zero-order valence-electron chi connectivity index (χ0n) is 14.7. The van der Waals surface area contributed by atoms with E-state index in [-0.39, 0.29) is 11.8 Å². The predicted molar refractivity (Wildman–Crippen MR) is 105 cm³/mol. The van der Waals surface area contributed by atoms with E-state index in [1.807, 2.05) is 0 Å². The van der Waals surface area contributed by atoms with Gasteiger partial charge in [-0.1, -0.05) is 23.2 Å². The van der Waals surface area contributed by atoms with Crippen molar-refractivity contribution in [1.82, 2.24) is 9.88 Å². The number of methoxy groups -OCH3 is 1. The maximum Gasteiger partial charge on any atom is 0.256 e. The molecule has 1 aliphatic heterocycles. The molecule has 1 unspecified atom stereocenters. The van der Waals surface area contributed by atoms with Crippen molar-refractivity contribution in [2.75, 3.05) is 19.0 Å². The number of nitrogens with zero attached hydrogens (tertiary/aromatic N) is 2. The lowest BCUT2D eigenvalue weighted by Gasteiger charge is -2.34. The first-order chi connectivity index (χ1) is 13.0. The van der Waals surface area contributed by atoms with Crippen LogP contribution in [0.3, 0.4) is 0 Å². The first kappa shape index (κ1) is 19.5. The molecule has 0 bridgehead atoms. The van der Waals surface area contributed by atoms with Gasteiger partial charge in [0.25, 0.3) is 5.91 Å². The van der Waals surface area contributed by atoms with Gasteiger partial charge in [-0.05, 0) is 43.5 Å². The van der Waals surface area contributed by atoms with Crippen molar-refractivity contribution in [3.8, 4) is 5.88 Å². The molecule has 1 N–H and O–H groups in total. The summed E-state index contributed by atoms with van der Waals surface area (Å²) < 4.78 is 5.02. The van der Waals surface area contributed by atoms with E-state index in [2.05, 4.69) is 10.3 Å². The molecule has 6 nitrogen and oxygen atoms in total. The largest absolute Gasteiger partial charge is 0.481 e. The molecule has 1 aliphatic rings. The summed E-state index contributed by atoms with van der Waals surface area (Å²) in [4.78, 5) is 31.4. The fourth-order valence-corrected chi connectivity index (χ4v) is 3.50. The minimum Gasteiger partial charge on any atom is -0.481 e. The second-order valence-corrected chi connectivity index (χ2v) is 7.06. The third kappa shape index (κ3) is 4.51. The molecule has 8 heteroatoms. The summed E-state index contributed by atoms with van der Waals surface area (Å²) in [5, 5.41) is 3.64. The van der Waals surface area contributed by atoms with E-state index in [4.69, 9.17) is 27.9 Å². The maximum atomic E-state index is 12.9. The number of amides is 2. The average molecular weight is 408 g/mol. The summed E-state index contributed by atoms with van der Waals surface area (Å²) in [6.45, 7) is 0.511. The summed E-state index contributed by atoms with van der Waals surface area (Å²) in [6, 6.07) is 7.56. The van der Waals surface area contributed by atoms with Crippen molar-refractivity contribution in [3.05, 3.63) is 52.1 Å². The number of anilines is 1. The number of carbonyl (C=O) groups excluding carboxylic acids is 2. The molecule has 1 fully saturated rings. The lowest BCUT2D eigenvalue weighted by molar-refractivity contribution is -0.121. The van der Waals surface area contributed by atoms with Crippen LogP contribution in [0, 0.1) is 0 Å². The zero-order valence-corrected chi connectivity index (χ0v) is 16.3. The summed E-state index contributed by atoms with van der Waals surface area (Å²) in [7, 11) is 1.51. The molecule has 0 aliphatic carbocycles. The minimum atomic E-state index is -0.569. The number of hydrogen-bond donors (Lipinski definition) is 1. The van der Waals surface area contributed by atoms with E-state index in [1.54, 1.807) is 35.2 Å². The molecule has 27 heavy (non-hydrogen) atoms. The molecule has 1 aromatic heterocycles. The standard InChI is InChI=1S/C19H19Cl2N3O3/c1-27-17-8-5-12(11-22-17)19(26)24-9-3-2-4-16(24)18(25)23-15-7-6-13(20)10-14(15)21/h5-8,10-11,16H,2-4,9H2,1H3,(H,23,25). The molecular formula is C19H19Cl2N3O3. The fourth-order valence-electron chi connectivity index (χ4n) is 3.05. The number of halogens is 2. The normalized spacial score (nSPS) is 16.7. The van der Waals surface area contributed by atoms with Crippen molar-refractivity contribution >= 4 is 40.7 Å². The fraction of sp³-hybridized carbons (Fsp3) is 0.316. The Morgan fingerprint density at radius 2 is 2.04 bits per heavy atom. The van der Waals surface area contributed by atoms with Gasteiger partial charge in [-0.15, -0.1) is 0 Å². The van der Waals surface area contributed by atoms with Crippen LogP contribution in [0.1, 0.15) is 29.6 Å². The highest BCUT2D eigenvalue weighted by molar-refractivity contribution is 6.36. The highest BCUT2D eigenvalue weighted by Crippen LogP contribution is 2.27. The summed E-state index contributed by atoms with van der Waals surface area (Å²) in [6.07, 6.45) is 3.77. The molecule has 142 valence electrons. The van der Waals surface area contributed by atoms with Crippen molar-refractivity contribution in [3.63, 3.8) is 0 Å². The molecule has 0 spiro atoms. The van der Waals surface area contributed by atoms with E-state index < -0.39 is 6.04 Å². The van der Waals surface area contributed by atoms with Crippen LogP contribution in [-0.4, -0.2) is 41.4 Å². The summed E-state index contributed by atoms with van der Waals surface area (Å²) in [5.74, 6) is -0.0715. The van der Waals surface area contributed by atoms with Gasteiger partial charge in [-0.3, -0.25) is 9.59 Å². The van der Waals surface area contributed by atoms with Crippen LogP contribution < -0.4 is 10.1 Å². The molecule has 1 atom stereocenters. The monoisotopic (exact) mass is 407 g/mol. The molecule has 0 saturated carbocycles. The van der Waals surface area contributed by atoms with Crippen LogP contribution in [0.2, 0.25) is 10.0 Å². The second-order valence-electron chi connectivity index (χ2n) is 6.21. The number of piperidine rings is 1. The number of likely N-dealkylation sites (tertiary alicyclic amines) is 1. The lowest BCUT2D eigenvalue weighted by atomic mass is 10.00. The first-order valence-corrected chi connectivity index (χ1v) is 9.32. The Morgan fingerprint density at radius 3 is 2.70 bits per heavy atom. The molecule has 3 rings (SSSR count). The summed E-state index contributed by atoms with van der Waals surface area (Å²) >= 11 is 12.0. The Kier molecular flexibility index (Phi) is 6.19. The van der Waals surface area contributed by atoms with Gasteiger partial charge in [0.2, 0.25) is 11.8 Å². The molecule has 0 radical (unpaired) electrons. The number of carbonyl (C=O) groups is 2. The Bertz CT molecular complexity index is 843. The van der Waals surface area contributed by atoms with E-state index in [9.17, 15) is 9.59 Å². The Hall–Kier alpha value is -2.31. The van der Waals surface area contributed by atoms with E-state index in [1.165, 1.54) is 13.3 Å². The second kappa shape index (κ2) is 8.59. The van der Waals surface area contributed by atoms with Crippen molar-refractivity contribution in [2.24, 2.45) is 0 Å². The Morgan fingerprint density at radius 1 is 1.22 bits per heavy atom. The number of pyridine rings is 1. The average Bonchev–Trinajstić information content (AvgIpc) is 2.69. The SMILES string of the molecule is COc1ccc(C(=O)N2CCCCC2C(=O)Nc2ccc(Cl)cc2Cl)cn1. The van der Waals surface area contributed by atoms with E-state index in [0.717, 1.165) is 12.8 Å². The van der Waals surface area contributed by atoms with Gasteiger partial charge in [0, 0.05) is 23.8 Å². The number of aromatic nitrogens is 1. The Labute approximate surface area is 167 Å². The number of ether oxygens (including phenoxy) is 1. The van der Waals surface area contributed by atoms with Gasteiger partial charge >= 0.3 is 0 Å². The van der Waals surface area contributed by atoms with E-state index in [0.29, 0.717) is 40.1 Å². The molecule has 2 aromatic rings. The van der Waals surface area contributed by atoms with Gasteiger partial charge in [0.15, 0.2) is 0 Å². The van der Waals surface area contributed by atoms with Crippen LogP contribution in [0.25, 0.3) is 0 Å². The topological polar surface area (TPSA) is 71.5 Å². The number of hydrogen-bond acceptors (Lipinski definition) is 4. The molecule has 2 heterocycles. The first-order valence-electron chi connectivity index (χ1n) is 8.56. The predicted octanol–water partition coefficient (Wildman–Crippen LogP) is 4.03. The van der Waals surface area contributed by atoms with Crippen LogP contribution in [0.4, 0.5) is 5.69 Å². The molecule has 1 aromatic carbocycles. The van der Waals surface area contributed by atoms with Crippen LogP contribution in [0.15, 0.2) is 36.5 Å². The highest BCUT2D eigenvalue weighted by atomic mass is 35.5. The van der Waals surface area contributed by atoms with Crippen LogP contribution >= 0.6 is 23.2 Å². The lowest BCUT2D eigenvalue weighted by Crippen LogP contribution is -2.50. The Balaban J connectivity index is 1.77. The zero-order chi connectivity index (χ0) is 19.4. The molecular weight excluding hydrogens is 389 g/mol. The minimum absolute atomic E-state index is 0.229. The number of benzene rings is 1. The summed E-state index contributed by atoms with van der Waals surface area (Å²) in [5.41, 5.74) is 0.884. The van der Waals surface area contributed by atoms with Gasteiger partial charge < -0.3 is 15.0 Å². The number of rotatable bonds is 4. The van der Waals surface area contributed by atoms with Crippen molar-refractivity contribution < 1.29 is 14.3 Å². The smallest absolute Gasteiger partial charge is 0.256 e. The van der Waals surface area contributed by atoms with Gasteiger partial charge in [0.1, 0.15) is 6.04 Å². The third-order valence-corrected chi connectivity index (χ3v) is 5.00. The quantitative estimate of drug-likeness (QED) is 0.829. The third-order valence-electron chi connectivity index (χ3n) is 4.45. The maximum absolute atomic E-state index is 12.9. The molecule has 2 amide bonds. The van der Waals surface area contributed by atoms with Crippen molar-refractivity contribution in [2.45, 2.75) is 25.3 Å².